The van der Waals surface area contributed by atoms with Crippen LogP contribution in [0.2, 0.25) is 0 Å². The zero-order valence-corrected chi connectivity index (χ0v) is 49.3. The van der Waals surface area contributed by atoms with Crippen LogP contribution in [-0.2, 0) is 5.41 Å². The van der Waals surface area contributed by atoms with Crippen molar-refractivity contribution in [2.45, 2.75) is 5.41 Å². The molecule has 0 spiro atoms. The van der Waals surface area contributed by atoms with Gasteiger partial charge < -0.3 is 14.4 Å². The van der Waals surface area contributed by atoms with Crippen molar-refractivity contribution in [3.8, 4) is 50.3 Å². The molecular weight excluding hydrogens is 1100 g/mol. The van der Waals surface area contributed by atoms with Crippen molar-refractivity contribution in [1.82, 2.24) is 9.55 Å². The van der Waals surface area contributed by atoms with Crippen molar-refractivity contribution in [3.05, 3.63) is 362 Å². The summed E-state index contributed by atoms with van der Waals surface area (Å²) in [5.74, 6) is 0. The van der Waals surface area contributed by atoms with Crippen LogP contribution >= 0.6 is 11.3 Å². The average molecular weight is 1150 g/mol. The van der Waals surface area contributed by atoms with Crippen LogP contribution in [0, 0.1) is 0 Å². The standard InChI is InChI=1S/C84H56N4S/c1-6-24-57(25-7-1)58-41-45-66(46-42-58)87(67-49-50-77-74(55-67)70-34-16-19-37-76(70)84(77,61-26-8-2-9-27-61)62-28-10-3-11-29-62)69-53-60(52-68(54-69)86(63-30-12-4-13-31-63)65-47-43-59(44-48-65)78-38-22-23-51-85-78)73-56-75-71-35-17-20-39-79(71)88(64-32-14-5-15-33-64)82(75)83-81(73)72-36-18-21-40-80(72)89-83/h1-56H. The molecule has 0 bridgehead atoms. The van der Waals surface area contributed by atoms with Crippen LogP contribution in [0.3, 0.4) is 0 Å². The lowest BCUT2D eigenvalue weighted by molar-refractivity contribution is 0.768. The van der Waals surface area contributed by atoms with Crippen molar-refractivity contribution in [2.75, 3.05) is 9.80 Å². The van der Waals surface area contributed by atoms with Gasteiger partial charge in [0, 0.05) is 77.8 Å². The molecule has 89 heavy (non-hydrogen) atoms. The summed E-state index contributed by atoms with van der Waals surface area (Å²) in [6.45, 7) is 0. The summed E-state index contributed by atoms with van der Waals surface area (Å²) in [4.78, 5) is 9.66. The van der Waals surface area contributed by atoms with E-state index < -0.39 is 5.41 Å². The van der Waals surface area contributed by atoms with Gasteiger partial charge in [0.05, 0.1) is 26.8 Å². The number of benzene rings is 13. The molecule has 4 nitrogen and oxygen atoms in total. The minimum absolute atomic E-state index is 0.554. The van der Waals surface area contributed by atoms with Gasteiger partial charge in [-0.25, -0.2) is 0 Å². The molecule has 0 N–H and O–H groups in total. The van der Waals surface area contributed by atoms with Crippen molar-refractivity contribution >= 4 is 87.4 Å². The van der Waals surface area contributed by atoms with Crippen LogP contribution in [0.15, 0.2) is 340 Å². The third-order valence-electron chi connectivity index (χ3n) is 18.1. The Bertz CT molecular complexity index is 5240. The molecule has 13 aromatic carbocycles. The zero-order chi connectivity index (χ0) is 58.8. The Kier molecular flexibility index (Phi) is 12.6. The molecule has 0 radical (unpaired) electrons. The highest BCUT2D eigenvalue weighted by Gasteiger charge is 2.46. The maximum absolute atomic E-state index is 4.75. The number of hydrogen-bond donors (Lipinski definition) is 0. The maximum atomic E-state index is 4.75. The number of nitrogens with zero attached hydrogens (tertiary/aromatic N) is 4. The smallest absolute Gasteiger partial charge is 0.0720 e. The highest BCUT2D eigenvalue weighted by Crippen LogP contribution is 2.58. The lowest BCUT2D eigenvalue weighted by Gasteiger charge is -2.34. The minimum Gasteiger partial charge on any atom is -0.310 e. The van der Waals surface area contributed by atoms with Crippen LogP contribution < -0.4 is 9.80 Å². The van der Waals surface area contributed by atoms with E-state index in [1.165, 1.54) is 86.5 Å². The summed E-state index contributed by atoms with van der Waals surface area (Å²) in [5.41, 5.74) is 23.2. The first-order valence-electron chi connectivity index (χ1n) is 30.4. The fraction of sp³-hybridized carbons (Fsp3) is 0.0119. The van der Waals surface area contributed by atoms with Gasteiger partial charge in [0.25, 0.3) is 0 Å². The van der Waals surface area contributed by atoms with Gasteiger partial charge in [-0.15, -0.1) is 11.3 Å². The van der Waals surface area contributed by atoms with Crippen molar-refractivity contribution in [2.24, 2.45) is 0 Å². The van der Waals surface area contributed by atoms with Gasteiger partial charge in [0.1, 0.15) is 0 Å². The lowest BCUT2D eigenvalue weighted by atomic mass is 9.68. The summed E-state index contributed by atoms with van der Waals surface area (Å²) in [6, 6.07) is 123. The summed E-state index contributed by atoms with van der Waals surface area (Å²) < 4.78 is 4.98. The van der Waals surface area contributed by atoms with E-state index in [4.69, 9.17) is 4.98 Å². The quantitative estimate of drug-likeness (QED) is 0.122. The number of hydrogen-bond acceptors (Lipinski definition) is 4. The Balaban J connectivity index is 0.967. The van der Waals surface area contributed by atoms with Crippen molar-refractivity contribution in [3.63, 3.8) is 0 Å². The predicted octanol–water partition coefficient (Wildman–Crippen LogP) is 22.9. The SMILES string of the molecule is c1ccc(-c2ccc(N(c3cc(-c4cc5c6ccccc6n(-c6ccccc6)c5c5sc6ccccc6c45)cc(N(c4ccccc4)c4ccc(-c5ccccn5)cc4)c3)c3ccc4c(c3)-c3ccccc3C4(c3ccccc3)c3ccccc3)cc2)cc1. The zero-order valence-electron chi connectivity index (χ0n) is 48.5. The number of aromatic nitrogens is 2. The topological polar surface area (TPSA) is 24.3 Å². The van der Waals surface area contributed by atoms with Crippen LogP contribution in [-0.4, -0.2) is 9.55 Å². The molecule has 3 heterocycles. The molecule has 16 aromatic rings. The molecule has 0 atom stereocenters. The highest BCUT2D eigenvalue weighted by molar-refractivity contribution is 7.26. The first kappa shape index (κ1) is 52.0. The van der Waals surface area contributed by atoms with Crippen molar-refractivity contribution in [1.29, 1.82) is 0 Å². The summed E-state index contributed by atoms with van der Waals surface area (Å²) in [5, 5.41) is 4.89. The molecule has 0 amide bonds. The van der Waals surface area contributed by atoms with Gasteiger partial charge in [-0.05, 0) is 165 Å². The highest BCUT2D eigenvalue weighted by atomic mass is 32.1. The first-order valence-corrected chi connectivity index (χ1v) is 31.2. The van der Waals surface area contributed by atoms with Crippen molar-refractivity contribution < 1.29 is 0 Å². The Morgan fingerprint density at radius 1 is 0.326 bits per heavy atom. The first-order chi connectivity index (χ1) is 44.2. The molecule has 0 unspecified atom stereocenters. The lowest BCUT2D eigenvalue weighted by Crippen LogP contribution is -2.28. The number of rotatable bonds is 12. The van der Waals surface area contributed by atoms with E-state index in [1.807, 2.05) is 29.7 Å². The molecule has 5 heteroatoms. The van der Waals surface area contributed by atoms with E-state index in [-0.39, 0.29) is 0 Å². The van der Waals surface area contributed by atoms with Crippen LogP contribution in [0.4, 0.5) is 34.1 Å². The molecular formula is C84H56N4S. The number of anilines is 6. The molecule has 17 rings (SSSR count). The predicted molar refractivity (Wildman–Crippen MR) is 374 cm³/mol. The second-order valence-corrected chi connectivity index (χ2v) is 24.0. The number of pyridine rings is 1. The van der Waals surface area contributed by atoms with E-state index in [2.05, 4.69) is 336 Å². The van der Waals surface area contributed by atoms with Gasteiger partial charge in [0.2, 0.25) is 0 Å². The van der Waals surface area contributed by atoms with Gasteiger partial charge >= 0.3 is 0 Å². The maximum Gasteiger partial charge on any atom is 0.0720 e. The van der Waals surface area contributed by atoms with E-state index in [0.29, 0.717) is 0 Å². The Hall–Kier alpha value is -11.4. The number of thiophene rings is 1. The molecule has 0 fully saturated rings. The fourth-order valence-corrected chi connectivity index (χ4v) is 15.5. The molecule has 3 aromatic heterocycles. The van der Waals surface area contributed by atoms with Crippen LogP contribution in [0.25, 0.3) is 92.3 Å². The normalized spacial score (nSPS) is 12.4. The van der Waals surface area contributed by atoms with Gasteiger partial charge in [-0.1, -0.05) is 224 Å². The van der Waals surface area contributed by atoms with Gasteiger partial charge in [0.15, 0.2) is 0 Å². The molecule has 1 aliphatic carbocycles. The number of para-hydroxylation sites is 3. The van der Waals surface area contributed by atoms with Gasteiger partial charge in [-0.2, -0.15) is 0 Å². The van der Waals surface area contributed by atoms with E-state index in [9.17, 15) is 0 Å². The summed E-state index contributed by atoms with van der Waals surface area (Å²) >= 11 is 1.89. The number of fused-ring (bicyclic) bond motifs is 10. The molecule has 418 valence electrons. The third kappa shape index (κ3) is 8.61. The van der Waals surface area contributed by atoms with Crippen LogP contribution in [0.5, 0.6) is 0 Å². The summed E-state index contributed by atoms with van der Waals surface area (Å²) in [7, 11) is 0. The minimum atomic E-state index is -0.554. The second-order valence-electron chi connectivity index (χ2n) is 23.0. The summed E-state index contributed by atoms with van der Waals surface area (Å²) in [6.07, 6.45) is 1.86. The largest absolute Gasteiger partial charge is 0.310 e. The van der Waals surface area contributed by atoms with E-state index in [0.717, 1.165) is 62.2 Å². The average Bonchev–Trinajstić information content (AvgIpc) is 1.61. The van der Waals surface area contributed by atoms with Crippen LogP contribution in [0.1, 0.15) is 22.3 Å². The third-order valence-corrected chi connectivity index (χ3v) is 19.2. The molecule has 0 aliphatic heterocycles. The van der Waals surface area contributed by atoms with E-state index >= 15 is 0 Å². The Morgan fingerprint density at radius 3 is 1.54 bits per heavy atom. The molecule has 1 aliphatic rings. The molecule has 0 saturated heterocycles. The monoisotopic (exact) mass is 1150 g/mol. The van der Waals surface area contributed by atoms with E-state index in [1.54, 1.807) is 0 Å². The fourth-order valence-electron chi connectivity index (χ4n) is 14.2. The second kappa shape index (κ2) is 21.5. The Labute approximate surface area is 521 Å². The Morgan fingerprint density at radius 2 is 0.854 bits per heavy atom. The van der Waals surface area contributed by atoms with Gasteiger partial charge in [-0.3, -0.25) is 4.98 Å². The molecule has 0 saturated carbocycles.